The van der Waals surface area contributed by atoms with Gasteiger partial charge in [0.1, 0.15) is 11.6 Å². The van der Waals surface area contributed by atoms with Crippen molar-refractivity contribution in [2.45, 2.75) is 6.54 Å². The van der Waals surface area contributed by atoms with Crippen LogP contribution >= 0.6 is 11.3 Å². The van der Waals surface area contributed by atoms with Crippen molar-refractivity contribution in [1.82, 2.24) is 9.97 Å². The van der Waals surface area contributed by atoms with Gasteiger partial charge in [-0.05, 0) is 11.4 Å². The standard InChI is InChI=1S/C11H15N5S/c1-13-9-6-10(15-11(12)14-9)16(2)7-8-4-3-5-17-8/h3-6H,7H2,1-2H3,(H3,12,13,14,15). The molecule has 2 aromatic heterocycles. The van der Waals surface area contributed by atoms with Gasteiger partial charge in [0.25, 0.3) is 0 Å². The Morgan fingerprint density at radius 3 is 2.94 bits per heavy atom. The summed E-state index contributed by atoms with van der Waals surface area (Å²) in [6.07, 6.45) is 0. The van der Waals surface area contributed by atoms with Crippen LogP contribution in [-0.4, -0.2) is 24.1 Å². The molecule has 3 N–H and O–H groups in total. The summed E-state index contributed by atoms with van der Waals surface area (Å²) < 4.78 is 0. The number of hydrogen-bond donors (Lipinski definition) is 2. The zero-order chi connectivity index (χ0) is 12.3. The third kappa shape index (κ3) is 2.85. The zero-order valence-corrected chi connectivity index (χ0v) is 10.7. The molecule has 90 valence electrons. The van der Waals surface area contributed by atoms with E-state index >= 15 is 0 Å². The second kappa shape index (κ2) is 5.01. The topological polar surface area (TPSA) is 67.1 Å². The molecule has 0 amide bonds. The van der Waals surface area contributed by atoms with Crippen LogP contribution in [0.15, 0.2) is 23.6 Å². The van der Waals surface area contributed by atoms with Gasteiger partial charge in [0, 0.05) is 25.0 Å². The molecule has 2 heterocycles. The molecule has 6 heteroatoms. The Labute approximate surface area is 104 Å². The number of nitrogens with two attached hydrogens (primary N) is 1. The smallest absolute Gasteiger partial charge is 0.223 e. The van der Waals surface area contributed by atoms with Crippen molar-refractivity contribution in [3.63, 3.8) is 0 Å². The fourth-order valence-corrected chi connectivity index (χ4v) is 2.25. The van der Waals surface area contributed by atoms with E-state index in [1.807, 2.05) is 31.1 Å². The van der Waals surface area contributed by atoms with Crippen LogP contribution in [0.3, 0.4) is 0 Å². The van der Waals surface area contributed by atoms with Crippen LogP contribution in [0.5, 0.6) is 0 Å². The van der Waals surface area contributed by atoms with Gasteiger partial charge in [0.05, 0.1) is 6.54 Å². The van der Waals surface area contributed by atoms with Gasteiger partial charge in [-0.25, -0.2) is 0 Å². The molecular formula is C11H15N5S. The third-order valence-corrected chi connectivity index (χ3v) is 3.21. The van der Waals surface area contributed by atoms with Crippen LogP contribution in [-0.2, 0) is 6.54 Å². The molecule has 0 aliphatic rings. The summed E-state index contributed by atoms with van der Waals surface area (Å²) >= 11 is 1.73. The van der Waals surface area contributed by atoms with Crippen LogP contribution in [0, 0.1) is 0 Å². The Hall–Kier alpha value is -1.82. The molecule has 5 nitrogen and oxygen atoms in total. The number of rotatable bonds is 4. The van der Waals surface area contributed by atoms with Gasteiger partial charge < -0.3 is 16.0 Å². The SMILES string of the molecule is CNc1cc(N(C)Cc2cccs2)nc(N)n1. The molecule has 0 spiro atoms. The van der Waals surface area contributed by atoms with E-state index < -0.39 is 0 Å². The minimum atomic E-state index is 0.282. The monoisotopic (exact) mass is 249 g/mol. The molecular weight excluding hydrogens is 234 g/mol. The fraction of sp³-hybridized carbons (Fsp3) is 0.273. The minimum Gasteiger partial charge on any atom is -0.373 e. The third-order valence-electron chi connectivity index (χ3n) is 2.35. The van der Waals surface area contributed by atoms with Gasteiger partial charge in [-0.3, -0.25) is 0 Å². The second-order valence-electron chi connectivity index (χ2n) is 3.66. The van der Waals surface area contributed by atoms with E-state index in [0.29, 0.717) is 0 Å². The van der Waals surface area contributed by atoms with E-state index in [2.05, 4.69) is 26.7 Å². The van der Waals surface area contributed by atoms with Crippen LogP contribution in [0.4, 0.5) is 17.6 Å². The van der Waals surface area contributed by atoms with Gasteiger partial charge >= 0.3 is 0 Å². The van der Waals surface area contributed by atoms with E-state index in [4.69, 9.17) is 5.73 Å². The van der Waals surface area contributed by atoms with Crippen molar-refractivity contribution in [3.05, 3.63) is 28.5 Å². The van der Waals surface area contributed by atoms with Crippen LogP contribution < -0.4 is 16.0 Å². The zero-order valence-electron chi connectivity index (χ0n) is 9.84. The Morgan fingerprint density at radius 1 is 1.47 bits per heavy atom. The molecule has 0 bridgehead atoms. The number of thiophene rings is 1. The molecule has 0 aliphatic heterocycles. The van der Waals surface area contributed by atoms with E-state index in [-0.39, 0.29) is 5.95 Å². The predicted octanol–water partition coefficient (Wildman–Crippen LogP) is 1.80. The number of anilines is 3. The molecule has 0 saturated heterocycles. The Kier molecular flexibility index (Phi) is 3.43. The summed E-state index contributed by atoms with van der Waals surface area (Å²) in [5.41, 5.74) is 5.66. The largest absolute Gasteiger partial charge is 0.373 e. The van der Waals surface area contributed by atoms with E-state index in [9.17, 15) is 0 Å². The molecule has 0 saturated carbocycles. The Balaban J connectivity index is 2.18. The molecule has 2 rings (SSSR count). The summed E-state index contributed by atoms with van der Waals surface area (Å²) in [4.78, 5) is 11.6. The van der Waals surface area contributed by atoms with Gasteiger partial charge in [-0.1, -0.05) is 6.07 Å². The van der Waals surface area contributed by atoms with Gasteiger partial charge in [0.2, 0.25) is 5.95 Å². The lowest BCUT2D eigenvalue weighted by Gasteiger charge is -2.18. The summed E-state index contributed by atoms with van der Waals surface area (Å²) in [7, 11) is 3.80. The first-order valence-electron chi connectivity index (χ1n) is 5.25. The van der Waals surface area contributed by atoms with Gasteiger partial charge in [-0.15, -0.1) is 11.3 Å². The number of nitrogens with zero attached hydrogens (tertiary/aromatic N) is 3. The van der Waals surface area contributed by atoms with Crippen LogP contribution in [0.1, 0.15) is 4.88 Å². The highest BCUT2D eigenvalue weighted by Gasteiger charge is 2.07. The first-order valence-corrected chi connectivity index (χ1v) is 6.13. The first-order chi connectivity index (χ1) is 8.19. The highest BCUT2D eigenvalue weighted by atomic mass is 32.1. The van der Waals surface area contributed by atoms with Crippen LogP contribution in [0.2, 0.25) is 0 Å². The molecule has 0 radical (unpaired) electrons. The van der Waals surface area contributed by atoms with E-state index in [1.165, 1.54) is 4.88 Å². The van der Waals surface area contributed by atoms with Crippen molar-refractivity contribution in [2.24, 2.45) is 0 Å². The average molecular weight is 249 g/mol. The maximum absolute atomic E-state index is 5.66. The molecule has 0 aromatic carbocycles. The van der Waals surface area contributed by atoms with E-state index in [0.717, 1.165) is 18.2 Å². The van der Waals surface area contributed by atoms with Crippen LogP contribution in [0.25, 0.3) is 0 Å². The normalized spacial score (nSPS) is 10.2. The molecule has 0 unspecified atom stereocenters. The van der Waals surface area contributed by atoms with Crippen molar-refractivity contribution >= 4 is 28.9 Å². The summed E-state index contributed by atoms with van der Waals surface area (Å²) in [6.45, 7) is 0.817. The van der Waals surface area contributed by atoms with E-state index in [1.54, 1.807) is 11.3 Å². The predicted molar refractivity (Wildman–Crippen MR) is 72.4 cm³/mol. The molecule has 0 atom stereocenters. The Morgan fingerprint density at radius 2 is 2.29 bits per heavy atom. The second-order valence-corrected chi connectivity index (χ2v) is 4.69. The van der Waals surface area contributed by atoms with Crippen molar-refractivity contribution in [3.8, 4) is 0 Å². The highest BCUT2D eigenvalue weighted by Crippen LogP contribution is 2.19. The lowest BCUT2D eigenvalue weighted by molar-refractivity contribution is 0.908. The van der Waals surface area contributed by atoms with Gasteiger partial charge in [0.15, 0.2) is 0 Å². The minimum absolute atomic E-state index is 0.282. The van der Waals surface area contributed by atoms with Gasteiger partial charge in [-0.2, -0.15) is 9.97 Å². The van der Waals surface area contributed by atoms with Crippen molar-refractivity contribution < 1.29 is 0 Å². The van der Waals surface area contributed by atoms with Crippen molar-refractivity contribution in [1.29, 1.82) is 0 Å². The number of hydrogen-bond acceptors (Lipinski definition) is 6. The molecule has 0 fully saturated rings. The lowest BCUT2D eigenvalue weighted by atomic mass is 10.4. The lowest BCUT2D eigenvalue weighted by Crippen LogP contribution is -2.18. The summed E-state index contributed by atoms with van der Waals surface area (Å²) in [6, 6.07) is 6.02. The first kappa shape index (κ1) is 11.7. The quantitative estimate of drug-likeness (QED) is 0.865. The average Bonchev–Trinajstić information content (AvgIpc) is 2.81. The van der Waals surface area contributed by atoms with Crippen molar-refractivity contribution in [2.75, 3.05) is 30.0 Å². The fourth-order valence-electron chi connectivity index (χ4n) is 1.49. The Bertz CT molecular complexity index is 483. The highest BCUT2D eigenvalue weighted by molar-refractivity contribution is 7.09. The number of nitrogens with one attached hydrogen (secondary N) is 1. The molecule has 2 aromatic rings. The summed E-state index contributed by atoms with van der Waals surface area (Å²) in [5.74, 6) is 1.82. The maximum Gasteiger partial charge on any atom is 0.223 e. The maximum atomic E-state index is 5.66. The number of nitrogen functional groups attached to an aromatic ring is 1. The molecule has 17 heavy (non-hydrogen) atoms. The number of aromatic nitrogens is 2. The molecule has 0 aliphatic carbocycles. The summed E-state index contributed by atoms with van der Waals surface area (Å²) in [5, 5.41) is 5.03.